The molecule has 2 fully saturated rings. The van der Waals surface area contributed by atoms with Crippen molar-refractivity contribution in [3.05, 3.63) is 0 Å². The van der Waals surface area contributed by atoms with Crippen LogP contribution >= 0.6 is 0 Å². The number of hydrogen-bond acceptors (Lipinski definition) is 1. The van der Waals surface area contributed by atoms with Gasteiger partial charge in [-0.1, -0.05) is 39.5 Å². The molecule has 1 nitrogen and oxygen atoms in total. The zero-order valence-electron chi connectivity index (χ0n) is 10.00. The van der Waals surface area contributed by atoms with Crippen molar-refractivity contribution in [3.8, 4) is 0 Å². The fourth-order valence-electron chi connectivity index (χ4n) is 3.62. The van der Waals surface area contributed by atoms with Crippen molar-refractivity contribution >= 4 is 0 Å². The first-order valence-electron chi connectivity index (χ1n) is 6.38. The highest BCUT2D eigenvalue weighted by atomic mass is 15.2. The highest BCUT2D eigenvalue weighted by Gasteiger charge is 2.36. The molecule has 1 saturated carbocycles. The van der Waals surface area contributed by atoms with Gasteiger partial charge in [0, 0.05) is 12.6 Å². The SMILES string of the molecule is CC(C)C1CC(C2CCCC2)CN1C. The van der Waals surface area contributed by atoms with Crippen LogP contribution < -0.4 is 0 Å². The van der Waals surface area contributed by atoms with Gasteiger partial charge in [0.2, 0.25) is 0 Å². The van der Waals surface area contributed by atoms with Crippen LogP contribution in [0, 0.1) is 17.8 Å². The molecule has 1 aliphatic carbocycles. The highest BCUT2D eigenvalue weighted by Crippen LogP contribution is 2.39. The third-order valence-electron chi connectivity index (χ3n) is 4.47. The second-order valence-corrected chi connectivity index (χ2v) is 5.79. The lowest BCUT2D eigenvalue weighted by Crippen LogP contribution is -2.29. The van der Waals surface area contributed by atoms with Gasteiger partial charge in [0.1, 0.15) is 0 Å². The Morgan fingerprint density at radius 3 is 2.21 bits per heavy atom. The maximum Gasteiger partial charge on any atom is 0.0118 e. The van der Waals surface area contributed by atoms with Gasteiger partial charge >= 0.3 is 0 Å². The Kier molecular flexibility index (Phi) is 3.16. The van der Waals surface area contributed by atoms with Gasteiger partial charge in [0.05, 0.1) is 0 Å². The van der Waals surface area contributed by atoms with Crippen LogP contribution in [0.25, 0.3) is 0 Å². The molecular formula is C13H25N. The molecule has 0 radical (unpaired) electrons. The van der Waals surface area contributed by atoms with E-state index >= 15 is 0 Å². The van der Waals surface area contributed by atoms with E-state index < -0.39 is 0 Å². The molecular weight excluding hydrogens is 170 g/mol. The van der Waals surface area contributed by atoms with Gasteiger partial charge in [-0.25, -0.2) is 0 Å². The summed E-state index contributed by atoms with van der Waals surface area (Å²) in [6, 6.07) is 0.862. The van der Waals surface area contributed by atoms with Crippen LogP contribution in [0.2, 0.25) is 0 Å². The van der Waals surface area contributed by atoms with Crippen LogP contribution in [0.15, 0.2) is 0 Å². The fourth-order valence-corrected chi connectivity index (χ4v) is 3.62. The van der Waals surface area contributed by atoms with Crippen molar-refractivity contribution in [1.82, 2.24) is 4.90 Å². The molecule has 82 valence electrons. The monoisotopic (exact) mass is 195 g/mol. The topological polar surface area (TPSA) is 3.24 Å². The van der Waals surface area contributed by atoms with E-state index in [2.05, 4.69) is 25.8 Å². The van der Waals surface area contributed by atoms with E-state index in [4.69, 9.17) is 0 Å². The van der Waals surface area contributed by atoms with Gasteiger partial charge in [-0.3, -0.25) is 0 Å². The first kappa shape index (κ1) is 10.5. The molecule has 1 saturated heterocycles. The quantitative estimate of drug-likeness (QED) is 0.654. The zero-order chi connectivity index (χ0) is 10.1. The molecule has 0 N–H and O–H groups in total. The van der Waals surface area contributed by atoms with Gasteiger partial charge in [-0.2, -0.15) is 0 Å². The van der Waals surface area contributed by atoms with Gasteiger partial charge < -0.3 is 4.90 Å². The van der Waals surface area contributed by atoms with Gasteiger partial charge in [0.15, 0.2) is 0 Å². The van der Waals surface area contributed by atoms with Gasteiger partial charge in [-0.15, -0.1) is 0 Å². The van der Waals surface area contributed by atoms with Crippen LogP contribution in [0.5, 0.6) is 0 Å². The van der Waals surface area contributed by atoms with Crippen molar-refractivity contribution in [1.29, 1.82) is 0 Å². The van der Waals surface area contributed by atoms with Crippen LogP contribution in [-0.2, 0) is 0 Å². The smallest absolute Gasteiger partial charge is 0.0118 e. The molecule has 0 aromatic rings. The third-order valence-corrected chi connectivity index (χ3v) is 4.47. The molecule has 2 atom stereocenters. The van der Waals surface area contributed by atoms with Crippen molar-refractivity contribution in [3.63, 3.8) is 0 Å². The maximum absolute atomic E-state index is 2.60. The van der Waals surface area contributed by atoms with E-state index in [1.54, 1.807) is 0 Å². The second kappa shape index (κ2) is 4.22. The van der Waals surface area contributed by atoms with E-state index in [0.717, 1.165) is 23.8 Å². The Morgan fingerprint density at radius 2 is 1.71 bits per heavy atom. The lowest BCUT2D eigenvalue weighted by Gasteiger charge is -2.22. The lowest BCUT2D eigenvalue weighted by atomic mass is 9.87. The second-order valence-electron chi connectivity index (χ2n) is 5.79. The van der Waals surface area contributed by atoms with Crippen LogP contribution in [0.3, 0.4) is 0 Å². The molecule has 1 aliphatic heterocycles. The lowest BCUT2D eigenvalue weighted by molar-refractivity contribution is 0.248. The number of nitrogens with zero attached hydrogens (tertiary/aromatic N) is 1. The van der Waals surface area contributed by atoms with E-state index in [-0.39, 0.29) is 0 Å². The maximum atomic E-state index is 2.60. The molecule has 1 heteroatoms. The Labute approximate surface area is 88.9 Å². The Hall–Kier alpha value is -0.0400. The molecule has 0 aromatic heterocycles. The minimum Gasteiger partial charge on any atom is -0.303 e. The van der Waals surface area contributed by atoms with Gasteiger partial charge in [0.25, 0.3) is 0 Å². The predicted molar refractivity (Wildman–Crippen MR) is 61.3 cm³/mol. The normalized spacial score (nSPS) is 36.0. The Bertz CT molecular complexity index is 182. The van der Waals surface area contributed by atoms with Crippen molar-refractivity contribution < 1.29 is 0 Å². The highest BCUT2D eigenvalue weighted by molar-refractivity contribution is 4.89. The molecule has 0 bridgehead atoms. The number of hydrogen-bond donors (Lipinski definition) is 0. The first-order chi connectivity index (χ1) is 6.68. The summed E-state index contributed by atoms with van der Waals surface area (Å²) in [5, 5.41) is 0. The van der Waals surface area contributed by atoms with E-state index in [0.29, 0.717) is 0 Å². The number of likely N-dealkylation sites (tertiary alicyclic amines) is 1. The Morgan fingerprint density at radius 1 is 1.07 bits per heavy atom. The first-order valence-corrected chi connectivity index (χ1v) is 6.38. The summed E-state index contributed by atoms with van der Waals surface area (Å²) in [4.78, 5) is 2.60. The zero-order valence-corrected chi connectivity index (χ0v) is 10.00. The van der Waals surface area contributed by atoms with Crippen LogP contribution in [-0.4, -0.2) is 24.5 Å². The minimum atomic E-state index is 0.839. The predicted octanol–water partition coefficient (Wildman–Crippen LogP) is 3.15. The third kappa shape index (κ3) is 1.98. The van der Waals surface area contributed by atoms with Gasteiger partial charge in [-0.05, 0) is 31.2 Å². The molecule has 2 aliphatic rings. The standard InChI is InChI=1S/C13H25N/c1-10(2)13-8-12(9-14(13)3)11-6-4-5-7-11/h10-13H,4-9H2,1-3H3. The summed E-state index contributed by atoms with van der Waals surface area (Å²) in [6.45, 7) is 6.11. The van der Waals surface area contributed by atoms with E-state index in [9.17, 15) is 0 Å². The average Bonchev–Trinajstić information content (AvgIpc) is 2.70. The Balaban J connectivity index is 1.91. The summed E-state index contributed by atoms with van der Waals surface area (Å²) < 4.78 is 0. The molecule has 2 rings (SSSR count). The van der Waals surface area contributed by atoms with Crippen molar-refractivity contribution in [2.24, 2.45) is 17.8 Å². The summed E-state index contributed by atoms with van der Waals surface area (Å²) in [5.41, 5.74) is 0. The largest absolute Gasteiger partial charge is 0.303 e. The van der Waals surface area contributed by atoms with E-state index in [1.165, 1.54) is 38.6 Å². The summed E-state index contributed by atoms with van der Waals surface area (Å²) in [6.07, 6.45) is 7.50. The minimum absolute atomic E-state index is 0.839. The molecule has 1 heterocycles. The molecule has 0 amide bonds. The summed E-state index contributed by atoms with van der Waals surface area (Å²) in [7, 11) is 2.32. The molecule has 2 unspecified atom stereocenters. The summed E-state index contributed by atoms with van der Waals surface area (Å²) in [5.74, 6) is 2.93. The molecule has 14 heavy (non-hydrogen) atoms. The summed E-state index contributed by atoms with van der Waals surface area (Å²) >= 11 is 0. The fraction of sp³-hybridized carbons (Fsp3) is 1.00. The molecule has 0 spiro atoms. The van der Waals surface area contributed by atoms with Crippen molar-refractivity contribution in [2.45, 2.75) is 52.0 Å². The van der Waals surface area contributed by atoms with E-state index in [1.807, 2.05) is 0 Å². The average molecular weight is 195 g/mol. The molecule has 0 aromatic carbocycles. The number of rotatable bonds is 2. The van der Waals surface area contributed by atoms with Crippen LogP contribution in [0.4, 0.5) is 0 Å². The van der Waals surface area contributed by atoms with Crippen molar-refractivity contribution in [2.75, 3.05) is 13.6 Å². The van der Waals surface area contributed by atoms with Crippen LogP contribution in [0.1, 0.15) is 46.0 Å².